The molecule has 0 radical (unpaired) electrons. The van der Waals surface area contributed by atoms with E-state index in [9.17, 15) is 9.59 Å². The first-order chi connectivity index (χ1) is 12.2. The van der Waals surface area contributed by atoms with Crippen LogP contribution in [0.1, 0.15) is 16.1 Å². The van der Waals surface area contributed by atoms with Crippen LogP contribution in [0.25, 0.3) is 11.7 Å². The average Bonchev–Trinajstić information content (AvgIpc) is 3.07. The Hall–Kier alpha value is -3.41. The third-order valence-electron chi connectivity index (χ3n) is 3.57. The maximum absolute atomic E-state index is 12.3. The van der Waals surface area contributed by atoms with E-state index in [-0.39, 0.29) is 12.4 Å². The normalized spacial score (nSPS) is 10.9. The minimum atomic E-state index is -0.462. The molecule has 1 aromatic carbocycles. The highest BCUT2D eigenvalue weighted by Crippen LogP contribution is 2.14. The van der Waals surface area contributed by atoms with Gasteiger partial charge in [-0.3, -0.25) is 4.79 Å². The molecule has 3 rings (SSSR count). The van der Waals surface area contributed by atoms with Gasteiger partial charge in [0.15, 0.2) is 12.4 Å². The van der Waals surface area contributed by atoms with Gasteiger partial charge in [0.1, 0.15) is 11.4 Å². The summed E-state index contributed by atoms with van der Waals surface area (Å²) in [5, 5.41) is 0. The van der Waals surface area contributed by atoms with Crippen molar-refractivity contribution in [3.05, 3.63) is 72.2 Å². The maximum Gasteiger partial charge on any atom is 0.343 e. The molecule has 6 heteroatoms. The van der Waals surface area contributed by atoms with Gasteiger partial charge in [0.05, 0.1) is 19.0 Å². The number of esters is 1. The van der Waals surface area contributed by atoms with Crippen LogP contribution in [0.3, 0.4) is 0 Å². The van der Waals surface area contributed by atoms with Gasteiger partial charge in [-0.05, 0) is 48.6 Å². The monoisotopic (exact) mass is 336 g/mol. The molecule has 0 aliphatic carbocycles. The highest BCUT2D eigenvalue weighted by Gasteiger charge is 2.05. The van der Waals surface area contributed by atoms with Gasteiger partial charge in [0.25, 0.3) is 0 Å². The molecule has 0 bridgehead atoms. The molecule has 0 unspecified atom stereocenters. The molecule has 0 saturated carbocycles. The van der Waals surface area contributed by atoms with Gasteiger partial charge in [-0.15, -0.1) is 0 Å². The highest BCUT2D eigenvalue weighted by molar-refractivity contribution is 6.06. The van der Waals surface area contributed by atoms with E-state index in [1.807, 2.05) is 28.8 Å². The molecule has 3 aromatic rings. The molecule has 0 aliphatic rings. The molecule has 0 N–H and O–H groups in total. The molecule has 0 atom stereocenters. The van der Waals surface area contributed by atoms with E-state index < -0.39 is 5.97 Å². The molecular formula is C19H16N2O4. The average molecular weight is 336 g/mol. The third-order valence-corrected chi connectivity index (χ3v) is 3.57. The molecule has 0 saturated heterocycles. The number of nitrogens with zero attached hydrogens (tertiary/aromatic N) is 2. The largest absolute Gasteiger partial charge is 0.482 e. The Labute approximate surface area is 144 Å². The first-order valence-corrected chi connectivity index (χ1v) is 7.61. The van der Waals surface area contributed by atoms with Crippen LogP contribution >= 0.6 is 0 Å². The van der Waals surface area contributed by atoms with Gasteiger partial charge in [-0.25, -0.2) is 9.78 Å². The van der Waals surface area contributed by atoms with Crippen molar-refractivity contribution < 1.29 is 19.1 Å². The molecule has 2 aromatic heterocycles. The summed E-state index contributed by atoms with van der Waals surface area (Å²) >= 11 is 0. The fraction of sp³-hybridized carbons (Fsp3) is 0.105. The second-order valence-corrected chi connectivity index (χ2v) is 5.20. The number of methoxy groups -OCH3 is 1. The first-order valence-electron chi connectivity index (χ1n) is 7.61. The predicted molar refractivity (Wildman–Crippen MR) is 92.5 cm³/mol. The topological polar surface area (TPSA) is 69.9 Å². The number of carbonyl (C=O) groups excluding carboxylic acids is 2. The molecule has 0 aliphatic heterocycles. The van der Waals surface area contributed by atoms with E-state index in [0.717, 1.165) is 11.3 Å². The van der Waals surface area contributed by atoms with Crippen molar-refractivity contribution in [1.82, 2.24) is 9.38 Å². The number of benzene rings is 1. The van der Waals surface area contributed by atoms with E-state index in [4.69, 9.17) is 4.74 Å². The summed E-state index contributed by atoms with van der Waals surface area (Å²) < 4.78 is 11.6. The quantitative estimate of drug-likeness (QED) is 0.393. The summed E-state index contributed by atoms with van der Waals surface area (Å²) in [6, 6.07) is 12.3. The van der Waals surface area contributed by atoms with E-state index in [1.165, 1.54) is 13.2 Å². The van der Waals surface area contributed by atoms with Crippen LogP contribution in [0, 0.1) is 0 Å². The van der Waals surface area contributed by atoms with Crippen LogP contribution in [-0.4, -0.2) is 34.9 Å². The molecule has 25 heavy (non-hydrogen) atoms. The number of hydrogen-bond donors (Lipinski definition) is 0. The standard InChI is InChI=1S/C19H16N2O4/c1-24-19(23)13-25-16-8-5-14(6-9-16)17(22)10-7-15-12-20-18-4-2-3-11-21(15)18/h2-12H,13H2,1H3/b10-7-. The number of carbonyl (C=O) groups is 2. The zero-order valence-electron chi connectivity index (χ0n) is 13.6. The molecule has 0 spiro atoms. The number of ether oxygens (including phenoxy) is 2. The Morgan fingerprint density at radius 1 is 1.16 bits per heavy atom. The van der Waals surface area contributed by atoms with Gasteiger partial charge >= 0.3 is 5.97 Å². The fourth-order valence-corrected chi connectivity index (χ4v) is 2.25. The third kappa shape index (κ3) is 3.92. The van der Waals surface area contributed by atoms with Gasteiger partial charge in [0.2, 0.25) is 0 Å². The SMILES string of the molecule is COC(=O)COc1ccc(C(=O)/C=C\c2cnc3ccccn23)cc1. The van der Waals surface area contributed by atoms with Crippen molar-refractivity contribution in [1.29, 1.82) is 0 Å². The summed E-state index contributed by atoms with van der Waals surface area (Å²) in [6.45, 7) is -0.169. The molecule has 126 valence electrons. The smallest absolute Gasteiger partial charge is 0.343 e. The van der Waals surface area contributed by atoms with Gasteiger partial charge in [-0.2, -0.15) is 0 Å². The Kier molecular flexibility index (Phi) is 4.89. The van der Waals surface area contributed by atoms with Crippen molar-refractivity contribution in [3.8, 4) is 5.75 Å². The fourth-order valence-electron chi connectivity index (χ4n) is 2.25. The number of aromatic nitrogens is 2. The lowest BCUT2D eigenvalue weighted by atomic mass is 10.1. The second-order valence-electron chi connectivity index (χ2n) is 5.20. The Balaban J connectivity index is 1.67. The number of ketones is 1. The lowest BCUT2D eigenvalue weighted by Crippen LogP contribution is -2.12. The molecule has 2 heterocycles. The van der Waals surface area contributed by atoms with Crippen molar-refractivity contribution in [3.63, 3.8) is 0 Å². The molecule has 6 nitrogen and oxygen atoms in total. The number of pyridine rings is 1. The van der Waals surface area contributed by atoms with E-state index in [0.29, 0.717) is 11.3 Å². The maximum atomic E-state index is 12.3. The lowest BCUT2D eigenvalue weighted by Gasteiger charge is -2.04. The second kappa shape index (κ2) is 7.44. The van der Waals surface area contributed by atoms with Gasteiger partial charge in [-0.1, -0.05) is 6.07 Å². The molecule has 0 amide bonds. The lowest BCUT2D eigenvalue weighted by molar-refractivity contribution is -0.142. The zero-order chi connectivity index (χ0) is 17.6. The Morgan fingerprint density at radius 3 is 2.72 bits per heavy atom. The Morgan fingerprint density at radius 2 is 1.96 bits per heavy atom. The summed E-state index contributed by atoms with van der Waals surface area (Å²) in [7, 11) is 1.30. The zero-order valence-corrected chi connectivity index (χ0v) is 13.6. The number of allylic oxidation sites excluding steroid dienone is 1. The summed E-state index contributed by atoms with van der Waals surface area (Å²) in [4.78, 5) is 27.6. The van der Waals surface area contributed by atoms with Crippen molar-refractivity contribution in [2.75, 3.05) is 13.7 Å². The van der Waals surface area contributed by atoms with Crippen LogP contribution in [0.5, 0.6) is 5.75 Å². The summed E-state index contributed by atoms with van der Waals surface area (Å²) in [5.41, 5.74) is 2.17. The van der Waals surface area contributed by atoms with Crippen molar-refractivity contribution in [2.45, 2.75) is 0 Å². The number of fused-ring (bicyclic) bond motifs is 1. The van der Waals surface area contributed by atoms with Crippen molar-refractivity contribution >= 4 is 23.5 Å². The number of hydrogen-bond acceptors (Lipinski definition) is 5. The van der Waals surface area contributed by atoms with Crippen LogP contribution in [0.4, 0.5) is 0 Å². The van der Waals surface area contributed by atoms with Crippen LogP contribution in [0.2, 0.25) is 0 Å². The van der Waals surface area contributed by atoms with Crippen molar-refractivity contribution in [2.24, 2.45) is 0 Å². The van der Waals surface area contributed by atoms with Crippen LogP contribution in [0.15, 0.2) is 60.9 Å². The van der Waals surface area contributed by atoms with E-state index in [1.54, 1.807) is 36.5 Å². The van der Waals surface area contributed by atoms with E-state index in [2.05, 4.69) is 9.72 Å². The molecular weight excluding hydrogens is 320 g/mol. The van der Waals surface area contributed by atoms with Gasteiger partial charge < -0.3 is 13.9 Å². The van der Waals surface area contributed by atoms with Gasteiger partial charge in [0, 0.05) is 11.8 Å². The first kappa shape index (κ1) is 16.4. The van der Waals surface area contributed by atoms with Crippen LogP contribution < -0.4 is 4.74 Å². The Bertz CT molecular complexity index is 926. The minimum Gasteiger partial charge on any atom is -0.482 e. The number of imidazole rings is 1. The van der Waals surface area contributed by atoms with E-state index >= 15 is 0 Å². The summed E-state index contributed by atoms with van der Waals surface area (Å²) in [5.74, 6) is -0.103. The molecule has 0 fully saturated rings. The highest BCUT2D eigenvalue weighted by atomic mass is 16.6. The van der Waals surface area contributed by atoms with Crippen LogP contribution in [-0.2, 0) is 9.53 Å². The summed E-state index contributed by atoms with van der Waals surface area (Å²) in [6.07, 6.45) is 6.83. The number of rotatable bonds is 6. The predicted octanol–water partition coefficient (Wildman–Crippen LogP) is 2.78. The minimum absolute atomic E-state index is 0.134.